The Morgan fingerprint density at radius 2 is 1.79 bits per heavy atom. The van der Waals surface area contributed by atoms with Crippen molar-refractivity contribution in [3.8, 4) is 17.2 Å². The summed E-state index contributed by atoms with van der Waals surface area (Å²) in [5.74, 6) is -1.16. The molecule has 8 nitrogen and oxygen atoms in total. The van der Waals surface area contributed by atoms with Crippen LogP contribution in [-0.4, -0.2) is 48.4 Å². The van der Waals surface area contributed by atoms with Crippen molar-refractivity contribution < 1.29 is 33.7 Å². The number of unbranched alkanes of at least 4 members (excludes halogenated alkanes) is 1. The Morgan fingerprint density at radius 3 is 2.42 bits per heavy atom. The van der Waals surface area contributed by atoms with Gasteiger partial charge in [0.15, 0.2) is 11.5 Å². The number of carbonyl (C=O) groups is 3. The van der Waals surface area contributed by atoms with Gasteiger partial charge in [-0.3, -0.25) is 14.4 Å². The molecular formula is C25H27NO7. The molecule has 1 amide bonds. The second kappa shape index (κ2) is 10.2. The Kier molecular flexibility index (Phi) is 7.37. The standard InChI is InChI=1S/C25H27NO7/c1-5-6-12-26-22(16-8-7-9-18(13-16)33-15(2)27)21(24(29)25(26)30)23(28)17-10-11-19(31-3)20(14-17)32-4/h7-11,13-14,22,28H,5-6,12H2,1-4H3/b23-21+. The van der Waals surface area contributed by atoms with E-state index in [1.807, 2.05) is 6.92 Å². The monoisotopic (exact) mass is 453 g/mol. The van der Waals surface area contributed by atoms with E-state index in [0.717, 1.165) is 6.42 Å². The molecule has 1 heterocycles. The van der Waals surface area contributed by atoms with Gasteiger partial charge in [0.1, 0.15) is 11.5 Å². The molecule has 33 heavy (non-hydrogen) atoms. The molecule has 1 N–H and O–H groups in total. The Bertz CT molecular complexity index is 1110. The fourth-order valence-electron chi connectivity index (χ4n) is 3.84. The van der Waals surface area contributed by atoms with Crippen LogP contribution in [0.3, 0.4) is 0 Å². The number of nitrogens with zero attached hydrogens (tertiary/aromatic N) is 1. The maximum atomic E-state index is 13.1. The van der Waals surface area contributed by atoms with Crippen molar-refractivity contribution in [3.05, 3.63) is 59.2 Å². The van der Waals surface area contributed by atoms with Crippen LogP contribution in [0, 0.1) is 0 Å². The zero-order valence-corrected chi connectivity index (χ0v) is 19.1. The molecule has 0 spiro atoms. The van der Waals surface area contributed by atoms with Gasteiger partial charge >= 0.3 is 5.97 Å². The van der Waals surface area contributed by atoms with E-state index in [1.165, 1.54) is 26.0 Å². The van der Waals surface area contributed by atoms with E-state index in [0.29, 0.717) is 35.6 Å². The summed E-state index contributed by atoms with van der Waals surface area (Å²) in [7, 11) is 2.96. The van der Waals surface area contributed by atoms with Crippen molar-refractivity contribution >= 4 is 23.4 Å². The number of amides is 1. The molecule has 1 aliphatic heterocycles. The number of methoxy groups -OCH3 is 2. The fraction of sp³-hybridized carbons (Fsp3) is 0.320. The third-order valence-corrected chi connectivity index (χ3v) is 5.38. The van der Waals surface area contributed by atoms with Gasteiger partial charge in [0.2, 0.25) is 0 Å². The summed E-state index contributed by atoms with van der Waals surface area (Å²) in [4.78, 5) is 38.9. The van der Waals surface area contributed by atoms with E-state index in [4.69, 9.17) is 14.2 Å². The van der Waals surface area contributed by atoms with Crippen molar-refractivity contribution in [2.24, 2.45) is 0 Å². The van der Waals surface area contributed by atoms with Crippen LogP contribution in [0.25, 0.3) is 5.76 Å². The lowest BCUT2D eigenvalue weighted by Gasteiger charge is -2.25. The molecule has 8 heteroatoms. The molecular weight excluding hydrogens is 426 g/mol. The Hall–Kier alpha value is -3.81. The van der Waals surface area contributed by atoms with E-state index < -0.39 is 23.7 Å². The van der Waals surface area contributed by atoms with Crippen LogP contribution in [0.4, 0.5) is 0 Å². The number of aliphatic hydroxyl groups excluding tert-OH is 1. The van der Waals surface area contributed by atoms with Gasteiger partial charge in [0.25, 0.3) is 11.7 Å². The van der Waals surface area contributed by atoms with Gasteiger partial charge in [-0.2, -0.15) is 0 Å². The van der Waals surface area contributed by atoms with Gasteiger partial charge in [0.05, 0.1) is 25.8 Å². The Balaban J connectivity index is 2.18. The zero-order chi connectivity index (χ0) is 24.1. The van der Waals surface area contributed by atoms with Crippen molar-refractivity contribution in [2.45, 2.75) is 32.7 Å². The minimum absolute atomic E-state index is 0.0386. The van der Waals surface area contributed by atoms with Gasteiger partial charge in [-0.15, -0.1) is 0 Å². The third-order valence-electron chi connectivity index (χ3n) is 5.38. The summed E-state index contributed by atoms with van der Waals surface area (Å²) in [6.45, 7) is 3.61. The fourth-order valence-corrected chi connectivity index (χ4v) is 3.84. The number of carbonyl (C=O) groups excluding carboxylic acids is 3. The number of aliphatic hydroxyl groups is 1. The quantitative estimate of drug-likeness (QED) is 0.213. The van der Waals surface area contributed by atoms with Gasteiger partial charge in [0, 0.05) is 19.0 Å². The van der Waals surface area contributed by atoms with Crippen molar-refractivity contribution in [2.75, 3.05) is 20.8 Å². The van der Waals surface area contributed by atoms with E-state index in [-0.39, 0.29) is 17.1 Å². The number of Topliss-reactive ketones (excluding diaryl/α,β-unsaturated/α-hetero) is 1. The minimum atomic E-state index is -0.833. The van der Waals surface area contributed by atoms with Crippen molar-refractivity contribution in [1.29, 1.82) is 0 Å². The highest BCUT2D eigenvalue weighted by molar-refractivity contribution is 6.46. The second-order valence-corrected chi connectivity index (χ2v) is 7.58. The van der Waals surface area contributed by atoms with Crippen LogP contribution < -0.4 is 14.2 Å². The smallest absolute Gasteiger partial charge is 0.308 e. The average molecular weight is 453 g/mol. The molecule has 2 aromatic carbocycles. The van der Waals surface area contributed by atoms with Crippen molar-refractivity contribution in [1.82, 2.24) is 4.90 Å². The lowest BCUT2D eigenvalue weighted by molar-refractivity contribution is -0.139. The maximum Gasteiger partial charge on any atom is 0.308 e. The normalized spacial score (nSPS) is 17.2. The summed E-state index contributed by atoms with van der Waals surface area (Å²) in [6, 6.07) is 10.5. The van der Waals surface area contributed by atoms with Crippen molar-refractivity contribution in [3.63, 3.8) is 0 Å². The Labute approximate surface area is 192 Å². The number of hydrogen-bond donors (Lipinski definition) is 1. The summed E-state index contributed by atoms with van der Waals surface area (Å²) < 4.78 is 15.7. The summed E-state index contributed by atoms with van der Waals surface area (Å²) in [6.07, 6.45) is 1.50. The highest BCUT2D eigenvalue weighted by Crippen LogP contribution is 2.41. The van der Waals surface area contributed by atoms with Crippen LogP contribution >= 0.6 is 0 Å². The molecule has 0 aromatic heterocycles. The first-order valence-electron chi connectivity index (χ1n) is 10.6. The minimum Gasteiger partial charge on any atom is -0.507 e. The molecule has 1 saturated heterocycles. The number of hydrogen-bond acceptors (Lipinski definition) is 7. The van der Waals surface area contributed by atoms with Gasteiger partial charge < -0.3 is 24.2 Å². The first kappa shape index (κ1) is 23.8. The first-order valence-corrected chi connectivity index (χ1v) is 10.6. The Morgan fingerprint density at radius 1 is 1.06 bits per heavy atom. The highest BCUT2D eigenvalue weighted by Gasteiger charge is 2.45. The molecule has 174 valence electrons. The number of benzene rings is 2. The van der Waals surface area contributed by atoms with E-state index >= 15 is 0 Å². The van der Waals surface area contributed by atoms with Crippen LogP contribution in [0.15, 0.2) is 48.0 Å². The van der Waals surface area contributed by atoms with Gasteiger partial charge in [-0.1, -0.05) is 25.5 Å². The summed E-state index contributed by atoms with van der Waals surface area (Å²) in [5, 5.41) is 11.2. The molecule has 1 atom stereocenters. The number of esters is 1. The first-order chi connectivity index (χ1) is 15.8. The van der Waals surface area contributed by atoms with Gasteiger partial charge in [-0.05, 0) is 42.3 Å². The number of likely N-dealkylation sites (tertiary alicyclic amines) is 1. The van der Waals surface area contributed by atoms with E-state index in [9.17, 15) is 19.5 Å². The molecule has 0 bridgehead atoms. The second-order valence-electron chi connectivity index (χ2n) is 7.58. The van der Waals surface area contributed by atoms with E-state index in [2.05, 4.69) is 0 Å². The zero-order valence-electron chi connectivity index (χ0n) is 19.1. The SMILES string of the molecule is CCCCN1C(=O)C(=O)/C(=C(/O)c2ccc(OC)c(OC)c2)C1c1cccc(OC(C)=O)c1. The molecule has 0 aliphatic carbocycles. The number of rotatable bonds is 8. The number of ketones is 1. The predicted molar refractivity (Wildman–Crippen MR) is 121 cm³/mol. The predicted octanol–water partition coefficient (Wildman–Crippen LogP) is 3.85. The summed E-state index contributed by atoms with van der Waals surface area (Å²) in [5.41, 5.74) is 0.816. The molecule has 1 fully saturated rings. The topological polar surface area (TPSA) is 102 Å². The molecule has 0 radical (unpaired) electrons. The number of ether oxygens (including phenoxy) is 3. The maximum absolute atomic E-state index is 13.1. The third kappa shape index (κ3) is 4.84. The highest BCUT2D eigenvalue weighted by atomic mass is 16.5. The van der Waals surface area contributed by atoms with Crippen LogP contribution in [0.1, 0.15) is 43.9 Å². The lowest BCUT2D eigenvalue weighted by Crippen LogP contribution is -2.30. The van der Waals surface area contributed by atoms with E-state index in [1.54, 1.807) is 42.5 Å². The van der Waals surface area contributed by atoms with Crippen LogP contribution in [0.5, 0.6) is 17.2 Å². The molecule has 2 aromatic rings. The average Bonchev–Trinajstić information content (AvgIpc) is 3.06. The molecule has 0 saturated carbocycles. The van der Waals surface area contributed by atoms with Crippen LogP contribution in [-0.2, 0) is 14.4 Å². The molecule has 1 aliphatic rings. The van der Waals surface area contributed by atoms with Gasteiger partial charge in [-0.25, -0.2) is 0 Å². The molecule has 3 rings (SSSR count). The largest absolute Gasteiger partial charge is 0.507 e. The lowest BCUT2D eigenvalue weighted by atomic mass is 9.95. The van der Waals surface area contributed by atoms with Crippen LogP contribution in [0.2, 0.25) is 0 Å². The summed E-state index contributed by atoms with van der Waals surface area (Å²) >= 11 is 0. The molecule has 1 unspecified atom stereocenters.